The number of hydrogen-bond donors (Lipinski definition) is 1. The van der Waals surface area contributed by atoms with Crippen LogP contribution in [0.15, 0.2) is 22.7 Å². The highest BCUT2D eigenvalue weighted by Crippen LogP contribution is 2.40. The van der Waals surface area contributed by atoms with Crippen LogP contribution in [0.3, 0.4) is 0 Å². The lowest BCUT2D eigenvalue weighted by molar-refractivity contribution is -0.272. The minimum absolute atomic E-state index is 0.277. The van der Waals surface area contributed by atoms with Crippen LogP contribution in [-0.4, -0.2) is 18.3 Å². The predicted molar refractivity (Wildman–Crippen MR) is 63.1 cm³/mol. The molecule has 1 N–H and O–H groups in total. The predicted octanol–water partition coefficient (Wildman–Crippen LogP) is 4.00. The fraction of sp³-hybridized carbons (Fsp3) is 0.273. The molecule has 1 aromatic carbocycles. The molecular weight excluding hydrogens is 370 g/mol. The molecule has 0 aliphatic heterocycles. The van der Waals surface area contributed by atoms with E-state index in [1.807, 2.05) is 0 Å². The summed E-state index contributed by atoms with van der Waals surface area (Å²) in [5.74, 6) is -6.46. The lowest BCUT2D eigenvalue weighted by Crippen LogP contribution is -2.45. The maximum Gasteiger partial charge on any atom is 0.409 e. The molecule has 0 atom stereocenters. The van der Waals surface area contributed by atoms with Crippen molar-refractivity contribution in [2.75, 3.05) is 5.32 Å². The molecule has 0 heterocycles. The van der Waals surface area contributed by atoms with Gasteiger partial charge in [0.15, 0.2) is 0 Å². The number of carbonyl (C=O) groups excluding carboxylic acids is 1. The molecule has 0 spiro atoms. The largest absolute Gasteiger partial charge is 0.409 e. The minimum atomic E-state index is -5.79. The van der Waals surface area contributed by atoms with Crippen molar-refractivity contribution in [3.05, 3.63) is 28.2 Å². The highest BCUT2D eigenvalue weighted by atomic mass is 79.9. The van der Waals surface area contributed by atoms with Gasteiger partial charge in [-0.3, -0.25) is 4.79 Å². The molecule has 0 radical (unpaired) electrons. The number of anilines is 1. The first kappa shape index (κ1) is 17.3. The number of rotatable bonds is 2. The van der Waals surface area contributed by atoms with Crippen LogP contribution in [-0.2, 0) is 4.79 Å². The Morgan fingerprint density at radius 3 is 2.14 bits per heavy atom. The molecule has 0 aliphatic carbocycles. The standard InChI is InChI=1S/C11H5BrF6N2O/c12-6-1-2-7(5(3-6)4-19)20-9(21)8(10(13,14)15)11(16,17)18/h1-3,8H,(H,20,21). The van der Waals surface area contributed by atoms with Crippen LogP contribution in [0, 0.1) is 17.2 Å². The quantitative estimate of drug-likeness (QED) is 0.795. The van der Waals surface area contributed by atoms with Crippen molar-refractivity contribution in [2.45, 2.75) is 12.4 Å². The summed E-state index contributed by atoms with van der Waals surface area (Å²) in [4.78, 5) is 11.3. The van der Waals surface area contributed by atoms with Crippen molar-refractivity contribution in [3.8, 4) is 6.07 Å². The lowest BCUT2D eigenvalue weighted by atomic mass is 10.1. The summed E-state index contributed by atoms with van der Waals surface area (Å²) >= 11 is 2.97. The summed E-state index contributed by atoms with van der Waals surface area (Å²) in [6, 6.07) is 4.97. The Morgan fingerprint density at radius 2 is 1.71 bits per heavy atom. The maximum atomic E-state index is 12.4. The molecule has 0 unspecified atom stereocenters. The molecule has 0 aliphatic rings. The Balaban J connectivity index is 3.12. The molecule has 21 heavy (non-hydrogen) atoms. The van der Waals surface area contributed by atoms with E-state index in [4.69, 9.17) is 5.26 Å². The van der Waals surface area contributed by atoms with Crippen LogP contribution < -0.4 is 5.32 Å². The average molecular weight is 375 g/mol. The lowest BCUT2D eigenvalue weighted by Gasteiger charge is -2.22. The number of nitrogens with one attached hydrogen (secondary N) is 1. The number of halogens is 7. The van der Waals surface area contributed by atoms with Gasteiger partial charge < -0.3 is 5.32 Å². The van der Waals surface area contributed by atoms with Gasteiger partial charge in [0.1, 0.15) is 6.07 Å². The summed E-state index contributed by atoms with van der Waals surface area (Å²) in [7, 11) is 0. The second kappa shape index (κ2) is 5.93. The van der Waals surface area contributed by atoms with E-state index in [1.165, 1.54) is 11.4 Å². The Hall–Kier alpha value is -1.76. The highest BCUT2D eigenvalue weighted by Gasteiger charge is 2.61. The van der Waals surface area contributed by atoms with E-state index in [-0.39, 0.29) is 5.56 Å². The first-order valence-corrected chi connectivity index (χ1v) is 5.90. The molecule has 114 valence electrons. The van der Waals surface area contributed by atoms with Crippen LogP contribution in [0.5, 0.6) is 0 Å². The van der Waals surface area contributed by atoms with Gasteiger partial charge in [-0.2, -0.15) is 31.6 Å². The van der Waals surface area contributed by atoms with Crippen molar-refractivity contribution >= 4 is 27.5 Å². The summed E-state index contributed by atoms with van der Waals surface area (Å²) in [6.45, 7) is 0. The second-order valence-electron chi connectivity index (χ2n) is 3.81. The van der Waals surface area contributed by atoms with Crippen molar-refractivity contribution in [3.63, 3.8) is 0 Å². The number of alkyl halides is 6. The molecule has 10 heteroatoms. The Labute approximate surface area is 122 Å². The van der Waals surface area contributed by atoms with Gasteiger partial charge in [-0.05, 0) is 18.2 Å². The van der Waals surface area contributed by atoms with Crippen LogP contribution in [0.2, 0.25) is 0 Å². The maximum absolute atomic E-state index is 12.4. The first-order valence-electron chi connectivity index (χ1n) is 5.10. The third kappa shape index (κ3) is 4.35. The van der Waals surface area contributed by atoms with Crippen molar-refractivity contribution < 1.29 is 31.1 Å². The molecule has 0 fully saturated rings. The van der Waals surface area contributed by atoms with Gasteiger partial charge in [-0.1, -0.05) is 15.9 Å². The van der Waals surface area contributed by atoms with E-state index < -0.39 is 29.9 Å². The molecule has 0 saturated carbocycles. The summed E-state index contributed by atoms with van der Waals surface area (Å²) < 4.78 is 74.5. The smallest absolute Gasteiger partial charge is 0.324 e. The molecule has 0 aromatic heterocycles. The number of hydrogen-bond acceptors (Lipinski definition) is 2. The number of carbonyl (C=O) groups is 1. The van der Waals surface area contributed by atoms with E-state index in [0.29, 0.717) is 4.47 Å². The zero-order valence-electron chi connectivity index (χ0n) is 9.81. The Kier molecular flexibility index (Phi) is 4.88. The van der Waals surface area contributed by atoms with Crippen molar-refractivity contribution in [1.29, 1.82) is 5.26 Å². The Morgan fingerprint density at radius 1 is 1.19 bits per heavy atom. The molecule has 1 aromatic rings. The Bertz CT molecular complexity index is 576. The number of nitriles is 1. The van der Waals surface area contributed by atoms with Crippen LogP contribution in [0.25, 0.3) is 0 Å². The molecule has 3 nitrogen and oxygen atoms in total. The van der Waals surface area contributed by atoms with Gasteiger partial charge in [-0.15, -0.1) is 0 Å². The second-order valence-corrected chi connectivity index (χ2v) is 4.72. The van der Waals surface area contributed by atoms with Crippen LogP contribution >= 0.6 is 15.9 Å². The van der Waals surface area contributed by atoms with Gasteiger partial charge in [0, 0.05) is 4.47 Å². The number of amides is 1. The monoisotopic (exact) mass is 374 g/mol. The third-order valence-electron chi connectivity index (χ3n) is 2.28. The zero-order valence-corrected chi connectivity index (χ0v) is 11.4. The van der Waals surface area contributed by atoms with E-state index in [0.717, 1.165) is 12.1 Å². The fourth-order valence-electron chi connectivity index (χ4n) is 1.41. The normalized spacial score (nSPS) is 12.1. The summed E-state index contributed by atoms with van der Waals surface area (Å²) in [6.07, 6.45) is -11.6. The first-order chi connectivity index (χ1) is 9.46. The van der Waals surface area contributed by atoms with Gasteiger partial charge in [0.25, 0.3) is 0 Å². The fourth-order valence-corrected chi connectivity index (χ4v) is 1.77. The average Bonchev–Trinajstić information content (AvgIpc) is 2.27. The van der Waals surface area contributed by atoms with E-state index >= 15 is 0 Å². The molecular formula is C11H5BrF6N2O. The van der Waals surface area contributed by atoms with Crippen LogP contribution in [0.1, 0.15) is 5.56 Å². The highest BCUT2D eigenvalue weighted by molar-refractivity contribution is 9.10. The SMILES string of the molecule is N#Cc1cc(Br)ccc1NC(=O)C(C(F)(F)F)C(F)(F)F. The third-order valence-corrected chi connectivity index (χ3v) is 2.77. The van der Waals surface area contributed by atoms with Crippen LogP contribution in [0.4, 0.5) is 32.0 Å². The molecule has 1 rings (SSSR count). The van der Waals surface area contributed by atoms with E-state index in [9.17, 15) is 31.1 Å². The number of nitrogens with zero attached hydrogens (tertiary/aromatic N) is 1. The topological polar surface area (TPSA) is 52.9 Å². The molecule has 0 bridgehead atoms. The van der Waals surface area contributed by atoms with Gasteiger partial charge in [0.05, 0.1) is 11.3 Å². The summed E-state index contributed by atoms with van der Waals surface area (Å²) in [5.41, 5.74) is -0.718. The molecule has 0 saturated heterocycles. The van der Waals surface area contributed by atoms with Crippen molar-refractivity contribution in [2.24, 2.45) is 5.92 Å². The van der Waals surface area contributed by atoms with E-state index in [1.54, 1.807) is 6.07 Å². The van der Waals surface area contributed by atoms with E-state index in [2.05, 4.69) is 15.9 Å². The van der Waals surface area contributed by atoms with Crippen molar-refractivity contribution in [1.82, 2.24) is 0 Å². The van der Waals surface area contributed by atoms with Gasteiger partial charge in [-0.25, -0.2) is 0 Å². The zero-order chi connectivity index (χ0) is 16.4. The van der Waals surface area contributed by atoms with Gasteiger partial charge >= 0.3 is 12.4 Å². The summed E-state index contributed by atoms with van der Waals surface area (Å²) in [5, 5.41) is 10.2. The van der Waals surface area contributed by atoms with Gasteiger partial charge in [0.2, 0.25) is 11.8 Å². The minimum Gasteiger partial charge on any atom is -0.324 e. The molecule has 1 amide bonds. The number of benzene rings is 1.